The molecule has 4 nitrogen and oxygen atoms in total. The Hall–Kier alpha value is -2.23. The number of carbonyl (C=O) groups is 1. The van der Waals surface area contributed by atoms with Gasteiger partial charge in [-0.25, -0.2) is 0 Å². The van der Waals surface area contributed by atoms with E-state index in [1.54, 1.807) is 6.26 Å². The van der Waals surface area contributed by atoms with E-state index in [0.717, 1.165) is 11.5 Å². The molecule has 2 rings (SSSR count). The lowest BCUT2D eigenvalue weighted by Gasteiger charge is -2.07. The van der Waals surface area contributed by atoms with E-state index in [1.165, 1.54) is 5.56 Å². The molecular formula is C16H19NO3. The van der Waals surface area contributed by atoms with Gasteiger partial charge in [-0.3, -0.25) is 4.79 Å². The number of aryl methyl sites for hydroxylation is 2. The molecule has 0 aliphatic rings. The van der Waals surface area contributed by atoms with Crippen molar-refractivity contribution in [1.29, 1.82) is 0 Å². The zero-order valence-electron chi connectivity index (χ0n) is 11.6. The molecule has 2 aromatic rings. The van der Waals surface area contributed by atoms with Crippen LogP contribution in [0.5, 0.6) is 5.75 Å². The van der Waals surface area contributed by atoms with Crippen molar-refractivity contribution in [3.63, 3.8) is 0 Å². The quantitative estimate of drug-likeness (QED) is 0.789. The van der Waals surface area contributed by atoms with Crippen LogP contribution >= 0.6 is 0 Å². The molecule has 0 aliphatic heterocycles. The van der Waals surface area contributed by atoms with Gasteiger partial charge in [0.25, 0.3) is 0 Å². The number of carbonyl (C=O) groups excluding carboxylic acids is 1. The molecular weight excluding hydrogens is 254 g/mol. The molecule has 0 radical (unpaired) electrons. The van der Waals surface area contributed by atoms with E-state index in [-0.39, 0.29) is 5.91 Å². The molecule has 20 heavy (non-hydrogen) atoms. The van der Waals surface area contributed by atoms with Gasteiger partial charge in [0.15, 0.2) is 0 Å². The van der Waals surface area contributed by atoms with E-state index in [4.69, 9.17) is 9.15 Å². The number of nitrogens with one attached hydrogen (secondary N) is 1. The number of hydrogen-bond donors (Lipinski definition) is 1. The normalized spacial score (nSPS) is 10.2. The van der Waals surface area contributed by atoms with Crippen LogP contribution in [0.3, 0.4) is 0 Å². The first-order valence-corrected chi connectivity index (χ1v) is 6.72. The second-order valence-corrected chi connectivity index (χ2v) is 4.59. The van der Waals surface area contributed by atoms with Crippen LogP contribution in [0, 0.1) is 6.92 Å². The average Bonchev–Trinajstić information content (AvgIpc) is 2.96. The molecule has 0 aliphatic carbocycles. The van der Waals surface area contributed by atoms with Crippen molar-refractivity contribution in [1.82, 2.24) is 5.32 Å². The van der Waals surface area contributed by atoms with E-state index in [0.29, 0.717) is 26.0 Å². The molecule has 0 atom stereocenters. The number of hydrogen-bond acceptors (Lipinski definition) is 3. The van der Waals surface area contributed by atoms with E-state index < -0.39 is 0 Å². The van der Waals surface area contributed by atoms with Gasteiger partial charge < -0.3 is 14.5 Å². The summed E-state index contributed by atoms with van der Waals surface area (Å²) in [6.45, 7) is 3.00. The van der Waals surface area contributed by atoms with Crippen LogP contribution < -0.4 is 10.1 Å². The number of rotatable bonds is 7. The first kappa shape index (κ1) is 14.2. The SMILES string of the molecule is Cc1ccc(OCCNC(=O)CCc2ccco2)cc1. The maximum absolute atomic E-state index is 11.6. The Bertz CT molecular complexity index is 517. The summed E-state index contributed by atoms with van der Waals surface area (Å²) >= 11 is 0. The van der Waals surface area contributed by atoms with Crippen molar-refractivity contribution >= 4 is 5.91 Å². The van der Waals surface area contributed by atoms with Crippen molar-refractivity contribution in [2.24, 2.45) is 0 Å². The molecule has 0 fully saturated rings. The number of furan rings is 1. The van der Waals surface area contributed by atoms with Crippen LogP contribution in [0.25, 0.3) is 0 Å². The fourth-order valence-corrected chi connectivity index (χ4v) is 1.77. The summed E-state index contributed by atoms with van der Waals surface area (Å²) in [7, 11) is 0. The Balaban J connectivity index is 1.58. The fourth-order valence-electron chi connectivity index (χ4n) is 1.77. The second kappa shape index (κ2) is 7.38. The minimum absolute atomic E-state index is 0.00825. The standard InChI is InChI=1S/C16H19NO3/c1-13-4-6-15(7-5-13)20-12-10-17-16(18)9-8-14-3-2-11-19-14/h2-7,11H,8-10,12H2,1H3,(H,17,18). The highest BCUT2D eigenvalue weighted by molar-refractivity contribution is 5.76. The van der Waals surface area contributed by atoms with Gasteiger partial charge in [-0.15, -0.1) is 0 Å². The zero-order chi connectivity index (χ0) is 14.2. The van der Waals surface area contributed by atoms with E-state index in [1.807, 2.05) is 43.3 Å². The van der Waals surface area contributed by atoms with Crippen LogP contribution in [-0.2, 0) is 11.2 Å². The first-order valence-electron chi connectivity index (χ1n) is 6.72. The monoisotopic (exact) mass is 273 g/mol. The fraction of sp³-hybridized carbons (Fsp3) is 0.312. The molecule has 0 unspecified atom stereocenters. The van der Waals surface area contributed by atoms with Crippen molar-refractivity contribution in [3.05, 3.63) is 54.0 Å². The average molecular weight is 273 g/mol. The van der Waals surface area contributed by atoms with Crippen LogP contribution in [0.4, 0.5) is 0 Å². The minimum Gasteiger partial charge on any atom is -0.492 e. The highest BCUT2D eigenvalue weighted by Gasteiger charge is 2.03. The Labute approximate surface area is 118 Å². The van der Waals surface area contributed by atoms with Crippen LogP contribution in [0.15, 0.2) is 47.1 Å². The number of ether oxygens (including phenoxy) is 1. The Morgan fingerprint density at radius 2 is 2.05 bits per heavy atom. The molecule has 0 saturated carbocycles. The Morgan fingerprint density at radius 1 is 1.25 bits per heavy atom. The predicted molar refractivity (Wildman–Crippen MR) is 76.7 cm³/mol. The van der Waals surface area contributed by atoms with Crippen molar-refractivity contribution in [3.8, 4) is 5.75 Å². The molecule has 4 heteroatoms. The van der Waals surface area contributed by atoms with E-state index in [2.05, 4.69) is 5.32 Å². The van der Waals surface area contributed by atoms with Gasteiger partial charge in [0.05, 0.1) is 12.8 Å². The van der Waals surface area contributed by atoms with Crippen LogP contribution in [0.2, 0.25) is 0 Å². The summed E-state index contributed by atoms with van der Waals surface area (Å²) in [5, 5.41) is 2.82. The molecule has 106 valence electrons. The largest absolute Gasteiger partial charge is 0.492 e. The van der Waals surface area contributed by atoms with E-state index >= 15 is 0 Å². The van der Waals surface area contributed by atoms with E-state index in [9.17, 15) is 4.79 Å². The summed E-state index contributed by atoms with van der Waals surface area (Å²) in [5.74, 6) is 1.66. The molecule has 1 aromatic heterocycles. The van der Waals surface area contributed by atoms with Crippen molar-refractivity contribution in [2.45, 2.75) is 19.8 Å². The topological polar surface area (TPSA) is 51.5 Å². The lowest BCUT2D eigenvalue weighted by atomic mass is 10.2. The molecule has 1 N–H and O–H groups in total. The summed E-state index contributed by atoms with van der Waals surface area (Å²) < 4.78 is 10.7. The van der Waals surface area contributed by atoms with Crippen molar-refractivity contribution < 1.29 is 13.9 Å². The molecule has 0 spiro atoms. The van der Waals surface area contributed by atoms with Gasteiger partial charge in [-0.05, 0) is 31.2 Å². The summed E-state index contributed by atoms with van der Waals surface area (Å²) in [4.78, 5) is 11.6. The Kier molecular flexibility index (Phi) is 5.24. The maximum atomic E-state index is 11.6. The third-order valence-corrected chi connectivity index (χ3v) is 2.89. The van der Waals surface area contributed by atoms with Gasteiger partial charge in [-0.2, -0.15) is 0 Å². The van der Waals surface area contributed by atoms with Crippen LogP contribution in [0.1, 0.15) is 17.7 Å². The predicted octanol–water partition coefficient (Wildman–Crippen LogP) is 2.72. The van der Waals surface area contributed by atoms with Gasteiger partial charge in [0.1, 0.15) is 18.1 Å². The highest BCUT2D eigenvalue weighted by atomic mass is 16.5. The molecule has 0 bridgehead atoms. The third-order valence-electron chi connectivity index (χ3n) is 2.89. The van der Waals surface area contributed by atoms with Gasteiger partial charge >= 0.3 is 0 Å². The summed E-state index contributed by atoms with van der Waals surface area (Å²) in [6, 6.07) is 11.5. The number of amides is 1. The Morgan fingerprint density at radius 3 is 2.75 bits per heavy atom. The van der Waals surface area contributed by atoms with Crippen LogP contribution in [-0.4, -0.2) is 19.1 Å². The third kappa shape index (κ3) is 4.80. The maximum Gasteiger partial charge on any atom is 0.220 e. The first-order chi connectivity index (χ1) is 9.74. The minimum atomic E-state index is 0.00825. The lowest BCUT2D eigenvalue weighted by Crippen LogP contribution is -2.28. The smallest absolute Gasteiger partial charge is 0.220 e. The van der Waals surface area contributed by atoms with Gasteiger partial charge in [-0.1, -0.05) is 17.7 Å². The lowest BCUT2D eigenvalue weighted by molar-refractivity contribution is -0.121. The molecule has 0 saturated heterocycles. The highest BCUT2D eigenvalue weighted by Crippen LogP contribution is 2.10. The summed E-state index contributed by atoms with van der Waals surface area (Å²) in [6.07, 6.45) is 2.67. The number of benzene rings is 1. The molecule has 1 amide bonds. The van der Waals surface area contributed by atoms with Gasteiger partial charge in [0, 0.05) is 12.8 Å². The molecule has 1 heterocycles. The van der Waals surface area contributed by atoms with Crippen molar-refractivity contribution in [2.75, 3.05) is 13.2 Å². The second-order valence-electron chi connectivity index (χ2n) is 4.59. The zero-order valence-corrected chi connectivity index (χ0v) is 11.6. The summed E-state index contributed by atoms with van der Waals surface area (Å²) in [5.41, 5.74) is 1.20. The van der Waals surface area contributed by atoms with Gasteiger partial charge in [0.2, 0.25) is 5.91 Å². The molecule has 1 aromatic carbocycles.